The van der Waals surface area contributed by atoms with E-state index in [1.807, 2.05) is 13.0 Å². The Morgan fingerprint density at radius 1 is 1.30 bits per heavy atom. The summed E-state index contributed by atoms with van der Waals surface area (Å²) in [5.41, 5.74) is 5.29. The van der Waals surface area contributed by atoms with E-state index in [1.54, 1.807) is 0 Å². The van der Waals surface area contributed by atoms with Gasteiger partial charge in [-0.05, 0) is 43.5 Å². The normalized spacial score (nSPS) is 17.4. The van der Waals surface area contributed by atoms with E-state index >= 15 is 0 Å². The lowest BCUT2D eigenvalue weighted by atomic mass is 9.93. The first kappa shape index (κ1) is 12.7. The second kappa shape index (κ2) is 4.97. The molecule has 100 valence electrons. The molecule has 1 aromatic heterocycles. The van der Waals surface area contributed by atoms with Gasteiger partial charge in [0.15, 0.2) is 0 Å². The van der Waals surface area contributed by atoms with Crippen LogP contribution in [0.5, 0.6) is 0 Å². The maximum atomic E-state index is 9.08. The molecule has 0 aliphatic carbocycles. The maximum absolute atomic E-state index is 9.08. The fourth-order valence-electron chi connectivity index (χ4n) is 3.00. The van der Waals surface area contributed by atoms with Gasteiger partial charge in [-0.3, -0.25) is 0 Å². The molecule has 0 spiro atoms. The summed E-state index contributed by atoms with van der Waals surface area (Å²) in [5, 5.41) is 9.08. The Morgan fingerprint density at radius 3 is 2.90 bits per heavy atom. The SMILES string of the molecule is Cc1cc(N2CCc3ccccc3C2C)cc(C#N)n1. The Labute approximate surface area is 119 Å². The molecule has 0 saturated carbocycles. The number of aryl methyl sites for hydroxylation is 1. The van der Waals surface area contributed by atoms with Crippen molar-refractivity contribution in [3.8, 4) is 6.07 Å². The Hall–Kier alpha value is -2.34. The average molecular weight is 263 g/mol. The molecule has 0 amide bonds. The number of rotatable bonds is 1. The third kappa shape index (κ3) is 2.14. The molecule has 1 aliphatic heterocycles. The smallest absolute Gasteiger partial charge is 0.142 e. The summed E-state index contributed by atoms with van der Waals surface area (Å²) < 4.78 is 0. The second-order valence-corrected chi connectivity index (χ2v) is 5.28. The summed E-state index contributed by atoms with van der Waals surface area (Å²) in [5.74, 6) is 0. The number of nitrogens with zero attached hydrogens (tertiary/aromatic N) is 3. The van der Waals surface area contributed by atoms with Crippen LogP contribution in [0.4, 0.5) is 5.69 Å². The van der Waals surface area contributed by atoms with Crippen LogP contribution < -0.4 is 4.90 Å². The van der Waals surface area contributed by atoms with E-state index in [-0.39, 0.29) is 0 Å². The number of pyridine rings is 1. The van der Waals surface area contributed by atoms with E-state index in [9.17, 15) is 0 Å². The Morgan fingerprint density at radius 2 is 2.10 bits per heavy atom. The van der Waals surface area contributed by atoms with Gasteiger partial charge in [-0.15, -0.1) is 0 Å². The van der Waals surface area contributed by atoms with Gasteiger partial charge >= 0.3 is 0 Å². The predicted molar refractivity (Wildman–Crippen MR) is 79.6 cm³/mol. The number of fused-ring (bicyclic) bond motifs is 1. The van der Waals surface area contributed by atoms with Gasteiger partial charge in [0.2, 0.25) is 0 Å². The van der Waals surface area contributed by atoms with E-state index < -0.39 is 0 Å². The summed E-state index contributed by atoms with van der Waals surface area (Å²) in [7, 11) is 0. The minimum atomic E-state index is 0.327. The van der Waals surface area contributed by atoms with Crippen LogP contribution >= 0.6 is 0 Å². The van der Waals surface area contributed by atoms with Crippen molar-refractivity contribution in [2.45, 2.75) is 26.3 Å². The first-order valence-electron chi connectivity index (χ1n) is 6.92. The number of benzene rings is 1. The molecule has 2 aromatic rings. The molecule has 1 aliphatic rings. The highest BCUT2D eigenvalue weighted by molar-refractivity contribution is 5.54. The highest BCUT2D eigenvalue weighted by Gasteiger charge is 2.24. The van der Waals surface area contributed by atoms with Gasteiger partial charge in [-0.25, -0.2) is 4.98 Å². The predicted octanol–water partition coefficient (Wildman–Crippen LogP) is 3.39. The molecule has 3 nitrogen and oxygen atoms in total. The lowest BCUT2D eigenvalue weighted by Crippen LogP contribution is -2.34. The molecule has 2 heterocycles. The fraction of sp³-hybridized carbons (Fsp3) is 0.294. The Balaban J connectivity index is 2.01. The van der Waals surface area contributed by atoms with Crippen molar-refractivity contribution < 1.29 is 0 Å². The van der Waals surface area contributed by atoms with Crippen LogP contribution in [0.3, 0.4) is 0 Å². The highest BCUT2D eigenvalue weighted by Crippen LogP contribution is 2.33. The number of aromatic nitrogens is 1. The molecule has 3 heteroatoms. The molecule has 0 fully saturated rings. The number of hydrogen-bond donors (Lipinski definition) is 0. The van der Waals surface area contributed by atoms with Crippen LogP contribution in [0.2, 0.25) is 0 Å². The molecule has 3 rings (SSSR count). The lowest BCUT2D eigenvalue weighted by molar-refractivity contribution is 0.624. The summed E-state index contributed by atoms with van der Waals surface area (Å²) >= 11 is 0. The van der Waals surface area contributed by atoms with E-state index in [1.165, 1.54) is 11.1 Å². The summed E-state index contributed by atoms with van der Waals surface area (Å²) in [4.78, 5) is 6.59. The number of nitriles is 1. The molecule has 0 N–H and O–H groups in total. The minimum absolute atomic E-state index is 0.327. The van der Waals surface area contributed by atoms with Gasteiger partial charge in [-0.2, -0.15) is 5.26 Å². The molecule has 0 bridgehead atoms. The van der Waals surface area contributed by atoms with Gasteiger partial charge in [0.05, 0.1) is 6.04 Å². The second-order valence-electron chi connectivity index (χ2n) is 5.28. The zero-order chi connectivity index (χ0) is 14.1. The first-order valence-corrected chi connectivity index (χ1v) is 6.92. The molecule has 0 saturated heterocycles. The van der Waals surface area contributed by atoms with Crippen LogP contribution in [-0.2, 0) is 6.42 Å². The molecule has 0 radical (unpaired) electrons. The summed E-state index contributed by atoms with van der Waals surface area (Å²) in [6, 6.07) is 15.0. The molecular weight excluding hydrogens is 246 g/mol. The van der Waals surface area contributed by atoms with Crippen LogP contribution in [0.25, 0.3) is 0 Å². The van der Waals surface area contributed by atoms with E-state index in [2.05, 4.69) is 53.2 Å². The van der Waals surface area contributed by atoms with Crippen LogP contribution in [-0.4, -0.2) is 11.5 Å². The van der Waals surface area contributed by atoms with Crippen molar-refractivity contribution in [3.63, 3.8) is 0 Å². The van der Waals surface area contributed by atoms with Crippen LogP contribution in [0.15, 0.2) is 36.4 Å². The van der Waals surface area contributed by atoms with Gasteiger partial charge in [-0.1, -0.05) is 24.3 Å². The molecular formula is C17H17N3. The monoisotopic (exact) mass is 263 g/mol. The third-order valence-corrected chi connectivity index (χ3v) is 3.98. The van der Waals surface area contributed by atoms with Crippen LogP contribution in [0.1, 0.15) is 35.5 Å². The van der Waals surface area contributed by atoms with E-state index in [0.717, 1.165) is 24.3 Å². The third-order valence-electron chi connectivity index (χ3n) is 3.98. The fourth-order valence-corrected chi connectivity index (χ4v) is 3.00. The van der Waals surface area contributed by atoms with E-state index in [4.69, 9.17) is 5.26 Å². The zero-order valence-electron chi connectivity index (χ0n) is 11.8. The lowest BCUT2D eigenvalue weighted by Gasteiger charge is -2.37. The Kier molecular flexibility index (Phi) is 3.15. The minimum Gasteiger partial charge on any atom is -0.364 e. The Bertz CT molecular complexity index is 685. The topological polar surface area (TPSA) is 39.9 Å². The largest absolute Gasteiger partial charge is 0.364 e. The van der Waals surface area contributed by atoms with Crippen LogP contribution in [0, 0.1) is 18.3 Å². The number of hydrogen-bond acceptors (Lipinski definition) is 3. The highest BCUT2D eigenvalue weighted by atomic mass is 15.2. The van der Waals surface area contributed by atoms with Gasteiger partial charge in [0, 0.05) is 17.9 Å². The van der Waals surface area contributed by atoms with Crippen molar-refractivity contribution in [1.29, 1.82) is 5.26 Å². The molecule has 1 unspecified atom stereocenters. The van der Waals surface area contributed by atoms with Crippen molar-refractivity contribution in [3.05, 3.63) is 58.9 Å². The summed E-state index contributed by atoms with van der Waals surface area (Å²) in [6.45, 7) is 5.14. The quantitative estimate of drug-likeness (QED) is 0.791. The molecule has 1 aromatic carbocycles. The van der Waals surface area contributed by atoms with Crippen molar-refractivity contribution in [1.82, 2.24) is 4.98 Å². The van der Waals surface area contributed by atoms with Gasteiger partial charge < -0.3 is 4.90 Å². The standard InChI is InChI=1S/C17H17N3/c1-12-9-16(10-15(11-18)19-12)20-8-7-14-5-3-4-6-17(14)13(20)2/h3-6,9-10,13H,7-8H2,1-2H3. The maximum Gasteiger partial charge on any atom is 0.142 e. The van der Waals surface area contributed by atoms with E-state index in [0.29, 0.717) is 11.7 Å². The molecule has 1 atom stereocenters. The average Bonchev–Trinajstić information content (AvgIpc) is 2.47. The summed E-state index contributed by atoms with van der Waals surface area (Å²) in [6.07, 6.45) is 1.05. The van der Waals surface area contributed by atoms with Crippen molar-refractivity contribution in [2.24, 2.45) is 0 Å². The van der Waals surface area contributed by atoms with Crippen molar-refractivity contribution >= 4 is 5.69 Å². The van der Waals surface area contributed by atoms with Gasteiger partial charge in [0.1, 0.15) is 11.8 Å². The first-order chi connectivity index (χ1) is 9.69. The van der Waals surface area contributed by atoms with Gasteiger partial charge in [0.25, 0.3) is 0 Å². The molecule has 20 heavy (non-hydrogen) atoms. The van der Waals surface area contributed by atoms with Crippen molar-refractivity contribution in [2.75, 3.05) is 11.4 Å². The zero-order valence-corrected chi connectivity index (χ0v) is 11.8. The number of anilines is 1.